The van der Waals surface area contributed by atoms with Crippen LogP contribution in [0.25, 0.3) is 10.6 Å². The van der Waals surface area contributed by atoms with Gasteiger partial charge in [0.2, 0.25) is 5.95 Å². The van der Waals surface area contributed by atoms with E-state index in [1.54, 1.807) is 17.5 Å². The molecule has 0 saturated carbocycles. The van der Waals surface area contributed by atoms with E-state index in [-0.39, 0.29) is 5.91 Å². The molecule has 4 heterocycles. The Morgan fingerprint density at radius 1 is 0.970 bits per heavy atom. The highest BCUT2D eigenvalue weighted by Crippen LogP contribution is 2.31. The molecule has 0 radical (unpaired) electrons. The number of thiophene rings is 1. The number of likely N-dealkylation sites (tertiary alicyclic amines) is 1. The molecule has 4 aromatic rings. The van der Waals surface area contributed by atoms with Crippen LogP contribution >= 0.6 is 27.3 Å². The van der Waals surface area contributed by atoms with Gasteiger partial charge in [0.15, 0.2) is 0 Å². The zero-order chi connectivity index (χ0) is 22.6. The third-order valence-electron chi connectivity index (χ3n) is 5.76. The first-order valence-electron chi connectivity index (χ1n) is 10.8. The summed E-state index contributed by atoms with van der Waals surface area (Å²) in [6.07, 6.45) is 5.46. The average Bonchev–Trinajstić information content (AvgIpc) is 3.31. The van der Waals surface area contributed by atoms with Gasteiger partial charge in [-0.3, -0.25) is 9.78 Å². The van der Waals surface area contributed by atoms with Gasteiger partial charge in [0, 0.05) is 48.3 Å². The fourth-order valence-electron chi connectivity index (χ4n) is 4.01. The Hall–Kier alpha value is -3.10. The number of hydrogen-bond donors (Lipinski definition) is 1. The minimum atomic E-state index is 0.0718. The van der Waals surface area contributed by atoms with Crippen LogP contribution in [0.5, 0.6) is 0 Å². The van der Waals surface area contributed by atoms with E-state index in [9.17, 15) is 4.79 Å². The number of benzene rings is 1. The number of nitrogens with one attached hydrogen (secondary N) is 1. The van der Waals surface area contributed by atoms with E-state index in [1.807, 2.05) is 65.7 Å². The molecule has 1 saturated heterocycles. The Kier molecular flexibility index (Phi) is 6.46. The van der Waals surface area contributed by atoms with Gasteiger partial charge in [0.05, 0.1) is 14.4 Å². The zero-order valence-corrected chi connectivity index (χ0v) is 20.2. The van der Waals surface area contributed by atoms with Crippen molar-refractivity contribution in [2.45, 2.75) is 18.8 Å². The van der Waals surface area contributed by atoms with Crippen LogP contribution in [-0.4, -0.2) is 38.8 Å². The molecule has 3 aromatic heterocycles. The molecule has 1 aromatic carbocycles. The van der Waals surface area contributed by atoms with Crippen LogP contribution in [0.1, 0.15) is 34.8 Å². The maximum atomic E-state index is 13.0. The molecular weight excluding hydrogens is 498 g/mol. The van der Waals surface area contributed by atoms with Gasteiger partial charge in [0.25, 0.3) is 5.91 Å². The van der Waals surface area contributed by atoms with Gasteiger partial charge in [0.1, 0.15) is 0 Å². The van der Waals surface area contributed by atoms with Gasteiger partial charge in [-0.1, -0.05) is 6.07 Å². The first-order chi connectivity index (χ1) is 16.2. The van der Waals surface area contributed by atoms with E-state index in [0.29, 0.717) is 17.4 Å². The highest BCUT2D eigenvalue weighted by atomic mass is 79.9. The fourth-order valence-corrected chi connectivity index (χ4v) is 5.37. The van der Waals surface area contributed by atoms with Gasteiger partial charge >= 0.3 is 0 Å². The minimum Gasteiger partial charge on any atom is -0.339 e. The second-order valence-corrected chi connectivity index (χ2v) is 10.4. The summed E-state index contributed by atoms with van der Waals surface area (Å²) < 4.78 is 1.06. The van der Waals surface area contributed by atoms with Crippen molar-refractivity contribution in [2.75, 3.05) is 18.4 Å². The molecule has 33 heavy (non-hydrogen) atoms. The van der Waals surface area contributed by atoms with Crippen LogP contribution in [0, 0.1) is 0 Å². The van der Waals surface area contributed by atoms with Crippen molar-refractivity contribution in [1.82, 2.24) is 19.9 Å². The summed E-state index contributed by atoms with van der Waals surface area (Å²) in [6.45, 7) is 1.50. The SMILES string of the molecule is O=C(c1ccc(Nc2nccc(-c3ccc(Br)s3)n2)cc1)N1CCC(c2ccccn2)CC1. The van der Waals surface area contributed by atoms with Crippen molar-refractivity contribution in [1.29, 1.82) is 0 Å². The molecule has 166 valence electrons. The van der Waals surface area contributed by atoms with Gasteiger partial charge < -0.3 is 10.2 Å². The Labute approximate surface area is 204 Å². The number of anilines is 2. The summed E-state index contributed by atoms with van der Waals surface area (Å²) in [6, 6.07) is 19.5. The summed E-state index contributed by atoms with van der Waals surface area (Å²) in [4.78, 5) is 29.4. The van der Waals surface area contributed by atoms with Crippen molar-refractivity contribution in [3.8, 4) is 10.6 Å². The van der Waals surface area contributed by atoms with Gasteiger partial charge in [-0.05, 0) is 83.4 Å². The lowest BCUT2D eigenvalue weighted by Gasteiger charge is -2.31. The van der Waals surface area contributed by atoms with Gasteiger partial charge in [-0.25, -0.2) is 9.97 Å². The molecule has 0 unspecified atom stereocenters. The maximum absolute atomic E-state index is 13.0. The van der Waals surface area contributed by atoms with Crippen LogP contribution in [-0.2, 0) is 0 Å². The molecule has 5 rings (SSSR count). The minimum absolute atomic E-state index is 0.0718. The van der Waals surface area contributed by atoms with E-state index in [4.69, 9.17) is 0 Å². The van der Waals surface area contributed by atoms with Crippen molar-refractivity contribution in [3.05, 3.63) is 88.1 Å². The van der Waals surface area contributed by atoms with Crippen LogP contribution in [0.3, 0.4) is 0 Å². The van der Waals surface area contributed by atoms with Crippen molar-refractivity contribution in [2.24, 2.45) is 0 Å². The van der Waals surface area contributed by atoms with Crippen molar-refractivity contribution in [3.63, 3.8) is 0 Å². The van der Waals surface area contributed by atoms with Gasteiger partial charge in [-0.15, -0.1) is 11.3 Å². The number of pyridine rings is 1. The molecule has 0 spiro atoms. The van der Waals surface area contributed by atoms with E-state index in [0.717, 1.165) is 51.7 Å². The monoisotopic (exact) mass is 519 g/mol. The van der Waals surface area contributed by atoms with Crippen LogP contribution < -0.4 is 5.32 Å². The molecule has 1 aliphatic heterocycles. The molecule has 1 N–H and O–H groups in total. The molecule has 0 atom stereocenters. The fraction of sp³-hybridized carbons (Fsp3) is 0.200. The van der Waals surface area contributed by atoms with Crippen LogP contribution in [0.4, 0.5) is 11.6 Å². The smallest absolute Gasteiger partial charge is 0.253 e. The largest absolute Gasteiger partial charge is 0.339 e. The number of amides is 1. The predicted molar refractivity (Wildman–Crippen MR) is 135 cm³/mol. The second-order valence-electron chi connectivity index (χ2n) is 7.89. The normalized spacial score (nSPS) is 14.3. The van der Waals surface area contributed by atoms with Crippen LogP contribution in [0.15, 0.2) is 76.8 Å². The highest BCUT2D eigenvalue weighted by molar-refractivity contribution is 9.11. The van der Waals surface area contributed by atoms with E-state index >= 15 is 0 Å². The molecule has 1 fully saturated rings. The number of rotatable bonds is 5. The number of piperidine rings is 1. The molecule has 0 aliphatic carbocycles. The number of halogens is 1. The molecular formula is C25H22BrN5OS. The Morgan fingerprint density at radius 3 is 2.48 bits per heavy atom. The van der Waals surface area contributed by atoms with E-state index in [2.05, 4.69) is 42.3 Å². The molecule has 1 aliphatic rings. The number of carbonyl (C=O) groups excluding carboxylic acids is 1. The third kappa shape index (κ3) is 5.12. The number of aromatic nitrogens is 3. The summed E-state index contributed by atoms with van der Waals surface area (Å²) >= 11 is 5.11. The first-order valence-corrected chi connectivity index (χ1v) is 12.4. The van der Waals surface area contributed by atoms with Crippen LogP contribution in [0.2, 0.25) is 0 Å². The maximum Gasteiger partial charge on any atom is 0.253 e. The molecule has 6 nitrogen and oxygen atoms in total. The van der Waals surface area contributed by atoms with Crippen molar-refractivity contribution < 1.29 is 4.79 Å². The highest BCUT2D eigenvalue weighted by Gasteiger charge is 2.25. The number of hydrogen-bond acceptors (Lipinski definition) is 6. The summed E-state index contributed by atoms with van der Waals surface area (Å²) in [7, 11) is 0. The summed E-state index contributed by atoms with van der Waals surface area (Å²) in [5.41, 5.74) is 3.52. The Bertz CT molecular complexity index is 1240. The molecule has 0 bridgehead atoms. The Balaban J connectivity index is 1.21. The molecule has 1 amide bonds. The lowest BCUT2D eigenvalue weighted by molar-refractivity contribution is 0.0712. The summed E-state index contributed by atoms with van der Waals surface area (Å²) in [5.74, 6) is 1.02. The molecule has 8 heteroatoms. The predicted octanol–water partition coefficient (Wildman–Crippen LogP) is 6.13. The zero-order valence-electron chi connectivity index (χ0n) is 17.8. The lowest BCUT2D eigenvalue weighted by atomic mass is 9.92. The average molecular weight is 520 g/mol. The summed E-state index contributed by atoms with van der Waals surface area (Å²) in [5, 5.41) is 3.23. The van der Waals surface area contributed by atoms with Gasteiger partial charge in [-0.2, -0.15) is 0 Å². The Morgan fingerprint density at radius 2 is 1.79 bits per heavy atom. The first kappa shape index (κ1) is 21.7. The second kappa shape index (κ2) is 9.80. The van der Waals surface area contributed by atoms with Crippen molar-refractivity contribution >= 4 is 44.8 Å². The van der Waals surface area contributed by atoms with E-state index in [1.165, 1.54) is 0 Å². The number of carbonyl (C=O) groups is 1. The standard InChI is InChI=1S/C25H22BrN5OS/c26-23-9-8-22(33-23)21-10-14-28-25(30-21)29-19-6-4-18(5-7-19)24(32)31-15-11-17(12-16-31)20-3-1-2-13-27-20/h1-10,13-14,17H,11-12,15-16H2,(H,28,29,30). The van der Waals surface area contributed by atoms with E-state index < -0.39 is 0 Å². The third-order valence-corrected chi connectivity index (χ3v) is 7.40. The topological polar surface area (TPSA) is 71.0 Å². The quantitative estimate of drug-likeness (QED) is 0.343. The lowest BCUT2D eigenvalue weighted by Crippen LogP contribution is -2.38. The number of nitrogens with zero attached hydrogens (tertiary/aromatic N) is 4.